The number of para-hydroxylation sites is 1. The summed E-state index contributed by atoms with van der Waals surface area (Å²) < 4.78 is 3.26. The SMILES string of the molecule is Cc1c(N2C(=O)[C@H](C)NC2=S)c(=O)n(-c2ccccc2)n1C. The number of thiocarbonyl (C=S) groups is 1. The Labute approximate surface area is 132 Å². The fourth-order valence-corrected chi connectivity index (χ4v) is 2.99. The number of amides is 1. The maximum atomic E-state index is 12.9. The number of nitrogens with one attached hydrogen (secondary N) is 1. The summed E-state index contributed by atoms with van der Waals surface area (Å²) in [4.78, 5) is 26.5. The molecule has 114 valence electrons. The Kier molecular flexibility index (Phi) is 3.37. The fourth-order valence-electron chi connectivity index (χ4n) is 2.63. The lowest BCUT2D eigenvalue weighted by molar-refractivity contribution is -0.117. The van der Waals surface area contributed by atoms with E-state index in [0.29, 0.717) is 11.4 Å². The zero-order valence-electron chi connectivity index (χ0n) is 12.5. The second-order valence-corrected chi connectivity index (χ2v) is 5.64. The number of aromatic nitrogens is 2. The van der Waals surface area contributed by atoms with Crippen LogP contribution in [0.2, 0.25) is 0 Å². The van der Waals surface area contributed by atoms with E-state index in [9.17, 15) is 9.59 Å². The van der Waals surface area contributed by atoms with Crippen molar-refractivity contribution in [2.24, 2.45) is 7.05 Å². The number of carbonyl (C=O) groups is 1. The minimum absolute atomic E-state index is 0.212. The minimum atomic E-state index is -0.420. The highest BCUT2D eigenvalue weighted by molar-refractivity contribution is 7.80. The van der Waals surface area contributed by atoms with Gasteiger partial charge in [0.05, 0.1) is 11.4 Å². The van der Waals surface area contributed by atoms with E-state index < -0.39 is 6.04 Å². The van der Waals surface area contributed by atoms with Gasteiger partial charge in [0.15, 0.2) is 5.11 Å². The Balaban J connectivity index is 2.22. The zero-order chi connectivity index (χ0) is 16.0. The molecule has 1 saturated heterocycles. The van der Waals surface area contributed by atoms with Crippen molar-refractivity contribution in [1.29, 1.82) is 0 Å². The second kappa shape index (κ2) is 5.10. The van der Waals surface area contributed by atoms with Crippen molar-refractivity contribution in [3.63, 3.8) is 0 Å². The van der Waals surface area contributed by atoms with Gasteiger partial charge in [-0.05, 0) is 38.2 Å². The summed E-state index contributed by atoms with van der Waals surface area (Å²) in [5, 5.41) is 3.16. The molecule has 0 radical (unpaired) electrons. The van der Waals surface area contributed by atoms with Gasteiger partial charge in [-0.3, -0.25) is 14.3 Å². The fraction of sp³-hybridized carbons (Fsp3) is 0.267. The van der Waals surface area contributed by atoms with E-state index in [4.69, 9.17) is 12.2 Å². The van der Waals surface area contributed by atoms with E-state index >= 15 is 0 Å². The number of hydrogen-bond acceptors (Lipinski definition) is 3. The predicted molar refractivity (Wildman–Crippen MR) is 88.4 cm³/mol. The second-order valence-electron chi connectivity index (χ2n) is 5.25. The first-order valence-corrected chi connectivity index (χ1v) is 7.32. The minimum Gasteiger partial charge on any atom is -0.350 e. The van der Waals surface area contributed by atoms with Gasteiger partial charge in [-0.2, -0.15) is 0 Å². The van der Waals surface area contributed by atoms with Crippen molar-refractivity contribution >= 4 is 28.9 Å². The standard InChI is InChI=1S/C15H16N4O2S/c1-9-13(20)18(15(22)16-9)12-10(2)17(3)19(14(12)21)11-7-5-4-6-8-11/h4-9H,1-3H3,(H,16,22)/t9-/m0/s1. The van der Waals surface area contributed by atoms with Crippen LogP contribution in [0, 0.1) is 6.92 Å². The molecule has 0 saturated carbocycles. The zero-order valence-corrected chi connectivity index (χ0v) is 13.3. The monoisotopic (exact) mass is 316 g/mol. The smallest absolute Gasteiger partial charge is 0.296 e. The van der Waals surface area contributed by atoms with Gasteiger partial charge < -0.3 is 5.32 Å². The highest BCUT2D eigenvalue weighted by atomic mass is 32.1. The molecule has 22 heavy (non-hydrogen) atoms. The van der Waals surface area contributed by atoms with Gasteiger partial charge in [0.25, 0.3) is 11.5 Å². The van der Waals surface area contributed by atoms with Crippen LogP contribution in [-0.2, 0) is 11.8 Å². The van der Waals surface area contributed by atoms with Crippen LogP contribution in [0.25, 0.3) is 5.69 Å². The molecule has 3 rings (SSSR count). The molecule has 6 nitrogen and oxygen atoms in total. The third-order valence-corrected chi connectivity index (χ3v) is 4.18. The summed E-state index contributed by atoms with van der Waals surface area (Å²) in [5.41, 5.74) is 1.46. The van der Waals surface area contributed by atoms with Gasteiger partial charge in [0.1, 0.15) is 11.7 Å². The summed E-state index contributed by atoms with van der Waals surface area (Å²) in [6.07, 6.45) is 0. The van der Waals surface area contributed by atoms with Crippen LogP contribution in [0.15, 0.2) is 35.1 Å². The number of nitrogens with zero attached hydrogens (tertiary/aromatic N) is 3. The van der Waals surface area contributed by atoms with Gasteiger partial charge in [0, 0.05) is 7.05 Å². The number of benzene rings is 1. The van der Waals surface area contributed by atoms with Crippen LogP contribution in [0.5, 0.6) is 0 Å². The number of anilines is 1. The van der Waals surface area contributed by atoms with Crippen molar-refractivity contribution in [3.05, 3.63) is 46.4 Å². The van der Waals surface area contributed by atoms with Crippen LogP contribution in [0.1, 0.15) is 12.6 Å². The highest BCUT2D eigenvalue weighted by Gasteiger charge is 2.37. The molecule has 1 aromatic heterocycles. The van der Waals surface area contributed by atoms with E-state index in [2.05, 4.69) is 5.32 Å². The van der Waals surface area contributed by atoms with Gasteiger partial charge in [-0.1, -0.05) is 18.2 Å². The van der Waals surface area contributed by atoms with E-state index in [1.807, 2.05) is 30.3 Å². The number of carbonyl (C=O) groups excluding carboxylic acids is 1. The molecular weight excluding hydrogens is 300 g/mol. The third kappa shape index (κ3) is 1.97. The van der Waals surface area contributed by atoms with Gasteiger partial charge in [0.2, 0.25) is 0 Å². The Morgan fingerprint density at radius 3 is 2.36 bits per heavy atom. The highest BCUT2D eigenvalue weighted by Crippen LogP contribution is 2.22. The number of hydrogen-bond donors (Lipinski definition) is 1. The van der Waals surface area contributed by atoms with Crippen molar-refractivity contribution in [2.45, 2.75) is 19.9 Å². The molecule has 1 atom stereocenters. The first kappa shape index (κ1) is 14.5. The van der Waals surface area contributed by atoms with Crippen LogP contribution in [-0.4, -0.2) is 26.4 Å². The van der Waals surface area contributed by atoms with E-state index in [1.54, 1.807) is 25.6 Å². The summed E-state index contributed by atoms with van der Waals surface area (Å²) in [7, 11) is 1.79. The first-order valence-electron chi connectivity index (χ1n) is 6.92. The lowest BCUT2D eigenvalue weighted by Gasteiger charge is -2.12. The summed E-state index contributed by atoms with van der Waals surface area (Å²) in [5.74, 6) is -0.212. The predicted octanol–water partition coefficient (Wildman–Crippen LogP) is 1.09. The van der Waals surface area contributed by atoms with Crippen LogP contribution in [0.3, 0.4) is 0 Å². The maximum Gasteiger partial charge on any atom is 0.296 e. The van der Waals surface area contributed by atoms with E-state index in [0.717, 1.165) is 5.69 Å². The molecule has 0 unspecified atom stereocenters. The first-order chi connectivity index (χ1) is 10.4. The summed E-state index contributed by atoms with van der Waals surface area (Å²) in [6, 6.07) is 8.87. The lowest BCUT2D eigenvalue weighted by atomic mass is 10.3. The van der Waals surface area contributed by atoms with Crippen LogP contribution in [0.4, 0.5) is 5.69 Å². The number of rotatable bonds is 2. The molecular formula is C15H16N4O2S. The van der Waals surface area contributed by atoms with Gasteiger partial charge in [-0.15, -0.1) is 0 Å². The lowest BCUT2D eigenvalue weighted by Crippen LogP contribution is -2.35. The molecule has 2 aromatic rings. The molecule has 0 aliphatic carbocycles. The largest absolute Gasteiger partial charge is 0.350 e. The Hall–Kier alpha value is -2.41. The van der Waals surface area contributed by atoms with Crippen molar-refractivity contribution in [2.75, 3.05) is 4.90 Å². The molecule has 0 spiro atoms. The third-order valence-electron chi connectivity index (χ3n) is 3.88. The average Bonchev–Trinajstić information content (AvgIpc) is 2.86. The molecule has 1 fully saturated rings. The van der Waals surface area contributed by atoms with Gasteiger partial charge in [-0.25, -0.2) is 9.58 Å². The normalized spacial score (nSPS) is 18.0. The van der Waals surface area contributed by atoms with Crippen molar-refractivity contribution in [1.82, 2.24) is 14.7 Å². The molecule has 0 bridgehead atoms. The van der Waals surface area contributed by atoms with Crippen LogP contribution >= 0.6 is 12.2 Å². The molecule has 1 N–H and O–H groups in total. The molecule has 1 aliphatic heterocycles. The van der Waals surface area contributed by atoms with E-state index in [-0.39, 0.29) is 16.6 Å². The maximum absolute atomic E-state index is 12.9. The molecule has 1 aromatic carbocycles. The van der Waals surface area contributed by atoms with Gasteiger partial charge >= 0.3 is 0 Å². The topological polar surface area (TPSA) is 59.3 Å². The van der Waals surface area contributed by atoms with Crippen molar-refractivity contribution in [3.8, 4) is 5.69 Å². The van der Waals surface area contributed by atoms with Crippen molar-refractivity contribution < 1.29 is 4.79 Å². The summed E-state index contributed by atoms with van der Waals surface area (Å²) in [6.45, 7) is 3.53. The average molecular weight is 316 g/mol. The Morgan fingerprint density at radius 2 is 1.82 bits per heavy atom. The molecule has 1 amide bonds. The van der Waals surface area contributed by atoms with Crippen LogP contribution < -0.4 is 15.8 Å². The molecule has 7 heteroatoms. The van der Waals surface area contributed by atoms with E-state index in [1.165, 1.54) is 9.58 Å². The summed E-state index contributed by atoms with van der Waals surface area (Å²) >= 11 is 5.20. The quantitative estimate of drug-likeness (QED) is 0.843. The molecule has 1 aliphatic rings. The Bertz CT molecular complexity index is 822. The molecule has 2 heterocycles. The Morgan fingerprint density at radius 1 is 1.18 bits per heavy atom.